The van der Waals surface area contributed by atoms with Gasteiger partial charge in [-0.2, -0.15) is 0 Å². The number of benzene rings is 1. The fraction of sp³-hybridized carbons (Fsp3) is 0.600. The zero-order chi connectivity index (χ0) is 13.7. The van der Waals surface area contributed by atoms with Crippen molar-refractivity contribution in [3.63, 3.8) is 0 Å². The first kappa shape index (κ1) is 14.6. The van der Waals surface area contributed by atoms with E-state index in [1.807, 2.05) is 18.2 Å². The molecule has 1 aliphatic rings. The van der Waals surface area contributed by atoms with Crippen LogP contribution in [0.1, 0.15) is 25.3 Å². The number of hydrogen-bond acceptors (Lipinski definition) is 3. The predicted octanol–water partition coefficient (Wildman–Crippen LogP) is 3.04. The Labute approximate surface area is 120 Å². The second-order valence-electron chi connectivity index (χ2n) is 5.13. The Morgan fingerprint density at radius 3 is 3.05 bits per heavy atom. The van der Waals surface area contributed by atoms with Crippen molar-refractivity contribution in [2.75, 3.05) is 19.8 Å². The van der Waals surface area contributed by atoms with Gasteiger partial charge < -0.3 is 15.2 Å². The highest BCUT2D eigenvalue weighted by atomic mass is 35.5. The molecule has 2 unspecified atom stereocenters. The summed E-state index contributed by atoms with van der Waals surface area (Å²) in [6, 6.07) is 5.91. The molecular weight excluding hydrogens is 262 g/mol. The van der Waals surface area contributed by atoms with Crippen LogP contribution in [0.25, 0.3) is 0 Å². The first-order valence-corrected chi connectivity index (χ1v) is 7.32. The molecule has 0 amide bonds. The van der Waals surface area contributed by atoms with Crippen LogP contribution in [0.2, 0.25) is 5.02 Å². The summed E-state index contributed by atoms with van der Waals surface area (Å²) in [5, 5.41) is 0.740. The molecule has 2 atom stereocenters. The maximum atomic E-state index is 6.27. The van der Waals surface area contributed by atoms with Gasteiger partial charge in [0.15, 0.2) is 0 Å². The zero-order valence-corrected chi connectivity index (χ0v) is 12.2. The Morgan fingerprint density at radius 2 is 2.37 bits per heavy atom. The molecule has 0 aliphatic carbocycles. The van der Waals surface area contributed by atoms with Crippen LogP contribution in [0.15, 0.2) is 18.2 Å². The van der Waals surface area contributed by atoms with Crippen LogP contribution in [0.4, 0.5) is 0 Å². The summed E-state index contributed by atoms with van der Waals surface area (Å²) in [5.41, 5.74) is 7.05. The molecule has 0 spiro atoms. The minimum absolute atomic E-state index is 0.122. The van der Waals surface area contributed by atoms with Crippen LogP contribution in [0.3, 0.4) is 0 Å². The maximum absolute atomic E-state index is 6.27. The van der Waals surface area contributed by atoms with Gasteiger partial charge >= 0.3 is 0 Å². The van der Waals surface area contributed by atoms with Crippen molar-refractivity contribution in [3.8, 4) is 5.75 Å². The quantitative estimate of drug-likeness (QED) is 0.873. The lowest BCUT2D eigenvalue weighted by Crippen LogP contribution is -2.22. The molecular formula is C15H22ClNO2. The van der Waals surface area contributed by atoms with Gasteiger partial charge in [-0.1, -0.05) is 24.6 Å². The zero-order valence-electron chi connectivity index (χ0n) is 11.4. The van der Waals surface area contributed by atoms with Gasteiger partial charge in [0.1, 0.15) is 5.75 Å². The van der Waals surface area contributed by atoms with E-state index < -0.39 is 0 Å². The highest BCUT2D eigenvalue weighted by Gasteiger charge is 2.18. The molecule has 1 aliphatic heterocycles. The monoisotopic (exact) mass is 283 g/mol. The molecule has 106 valence electrons. The summed E-state index contributed by atoms with van der Waals surface area (Å²) in [5.74, 6) is 1.36. The number of halogens is 1. The van der Waals surface area contributed by atoms with E-state index in [1.165, 1.54) is 0 Å². The van der Waals surface area contributed by atoms with Gasteiger partial charge in [0.2, 0.25) is 0 Å². The highest BCUT2D eigenvalue weighted by molar-refractivity contribution is 6.31. The van der Waals surface area contributed by atoms with E-state index in [0.29, 0.717) is 12.5 Å². The predicted molar refractivity (Wildman–Crippen MR) is 77.8 cm³/mol. The smallest absolute Gasteiger partial charge is 0.124 e. The molecule has 2 N–H and O–H groups in total. The molecule has 19 heavy (non-hydrogen) atoms. The van der Waals surface area contributed by atoms with E-state index in [4.69, 9.17) is 26.8 Å². The van der Waals surface area contributed by atoms with Crippen LogP contribution in [0.5, 0.6) is 5.75 Å². The van der Waals surface area contributed by atoms with Gasteiger partial charge in [0.25, 0.3) is 0 Å². The second-order valence-corrected chi connectivity index (χ2v) is 5.54. The lowest BCUT2D eigenvalue weighted by Gasteiger charge is -2.17. The Balaban J connectivity index is 2.03. The number of nitrogens with two attached hydrogens (primary N) is 1. The highest BCUT2D eigenvalue weighted by Crippen LogP contribution is 2.28. The summed E-state index contributed by atoms with van der Waals surface area (Å²) in [4.78, 5) is 0. The minimum Gasteiger partial charge on any atom is -0.493 e. The van der Waals surface area contributed by atoms with Crippen molar-refractivity contribution in [3.05, 3.63) is 28.8 Å². The molecule has 0 bridgehead atoms. The van der Waals surface area contributed by atoms with Gasteiger partial charge in [-0.3, -0.25) is 0 Å². The molecule has 0 radical (unpaired) electrons. The topological polar surface area (TPSA) is 44.5 Å². The molecule has 1 fully saturated rings. The van der Waals surface area contributed by atoms with Crippen LogP contribution >= 0.6 is 11.6 Å². The molecule has 0 saturated carbocycles. The van der Waals surface area contributed by atoms with E-state index in [9.17, 15) is 0 Å². The second kappa shape index (κ2) is 7.13. The number of hydrogen-bond donors (Lipinski definition) is 1. The van der Waals surface area contributed by atoms with Crippen LogP contribution in [-0.2, 0) is 11.2 Å². The van der Waals surface area contributed by atoms with Crippen molar-refractivity contribution < 1.29 is 9.47 Å². The van der Waals surface area contributed by atoms with Gasteiger partial charge in [-0.15, -0.1) is 0 Å². The average molecular weight is 284 g/mol. The van der Waals surface area contributed by atoms with Crippen LogP contribution in [-0.4, -0.2) is 25.9 Å². The van der Waals surface area contributed by atoms with Gasteiger partial charge in [-0.05, 0) is 31.4 Å². The van der Waals surface area contributed by atoms with E-state index in [1.54, 1.807) is 0 Å². The SMILES string of the molecule is CCC(N)Cc1c(Cl)cccc1OCC1CCOC1. The van der Waals surface area contributed by atoms with Crippen LogP contribution < -0.4 is 10.5 Å². The summed E-state index contributed by atoms with van der Waals surface area (Å²) in [6.45, 7) is 4.41. The normalized spacial score (nSPS) is 20.5. The van der Waals surface area contributed by atoms with E-state index >= 15 is 0 Å². The van der Waals surface area contributed by atoms with E-state index in [-0.39, 0.29) is 6.04 Å². The van der Waals surface area contributed by atoms with Gasteiger partial charge in [-0.25, -0.2) is 0 Å². The molecule has 4 heteroatoms. The summed E-state index contributed by atoms with van der Waals surface area (Å²) in [7, 11) is 0. The Bertz CT molecular complexity index is 405. The van der Waals surface area contributed by atoms with Crippen molar-refractivity contribution in [1.29, 1.82) is 0 Å². The fourth-order valence-electron chi connectivity index (χ4n) is 2.20. The van der Waals surface area contributed by atoms with Crippen molar-refractivity contribution >= 4 is 11.6 Å². The first-order valence-electron chi connectivity index (χ1n) is 6.94. The molecule has 1 aromatic carbocycles. The molecule has 0 aromatic heterocycles. The maximum Gasteiger partial charge on any atom is 0.124 e. The largest absolute Gasteiger partial charge is 0.493 e. The van der Waals surface area contributed by atoms with Crippen LogP contribution in [0, 0.1) is 5.92 Å². The molecule has 1 aromatic rings. The van der Waals surface area contributed by atoms with Gasteiger partial charge in [0.05, 0.1) is 13.2 Å². The lowest BCUT2D eigenvalue weighted by atomic mass is 10.0. The Kier molecular flexibility index (Phi) is 5.49. The number of ether oxygens (including phenoxy) is 2. The summed E-state index contributed by atoms with van der Waals surface area (Å²) < 4.78 is 11.3. The third-order valence-electron chi connectivity index (χ3n) is 3.57. The standard InChI is InChI=1S/C15H22ClNO2/c1-2-12(17)8-13-14(16)4-3-5-15(13)19-10-11-6-7-18-9-11/h3-5,11-12H,2,6-10,17H2,1H3. The molecule has 1 heterocycles. The van der Waals surface area contributed by atoms with Crippen molar-refractivity contribution in [2.45, 2.75) is 32.2 Å². The van der Waals surface area contributed by atoms with E-state index in [2.05, 4.69) is 6.92 Å². The minimum atomic E-state index is 0.122. The summed E-state index contributed by atoms with van der Waals surface area (Å²) >= 11 is 6.27. The Hall–Kier alpha value is -0.770. The third kappa shape index (κ3) is 4.10. The molecule has 1 saturated heterocycles. The van der Waals surface area contributed by atoms with E-state index in [0.717, 1.165) is 48.8 Å². The van der Waals surface area contributed by atoms with Crippen molar-refractivity contribution in [2.24, 2.45) is 11.7 Å². The fourth-order valence-corrected chi connectivity index (χ4v) is 2.44. The third-order valence-corrected chi connectivity index (χ3v) is 3.92. The first-order chi connectivity index (χ1) is 9.20. The van der Waals surface area contributed by atoms with Gasteiger partial charge in [0, 0.05) is 29.2 Å². The lowest BCUT2D eigenvalue weighted by molar-refractivity contribution is 0.166. The molecule has 2 rings (SSSR count). The van der Waals surface area contributed by atoms with Crippen molar-refractivity contribution in [1.82, 2.24) is 0 Å². The average Bonchev–Trinajstić information content (AvgIpc) is 2.92. The Morgan fingerprint density at radius 1 is 1.53 bits per heavy atom. The number of rotatable bonds is 6. The summed E-state index contributed by atoms with van der Waals surface area (Å²) in [6.07, 6.45) is 2.76. The molecule has 3 nitrogen and oxygen atoms in total.